The second-order valence-electron chi connectivity index (χ2n) is 3.42. The molecule has 0 amide bonds. The van der Waals surface area contributed by atoms with Gasteiger partial charge in [-0.25, -0.2) is 14.8 Å². The van der Waals surface area contributed by atoms with E-state index < -0.39 is 5.97 Å². The molecule has 0 saturated carbocycles. The maximum Gasteiger partial charge on any atom is 0.338 e. The summed E-state index contributed by atoms with van der Waals surface area (Å²) in [4.78, 5) is 19.3. The van der Waals surface area contributed by atoms with Gasteiger partial charge in [0, 0.05) is 5.69 Å². The van der Waals surface area contributed by atoms with Crippen LogP contribution in [0.25, 0.3) is 0 Å². The minimum Gasteiger partial charge on any atom is -0.478 e. The molecule has 0 aromatic carbocycles. The van der Waals surface area contributed by atoms with Gasteiger partial charge in [0.2, 0.25) is 5.16 Å². The first kappa shape index (κ1) is 11.6. The fourth-order valence-corrected chi connectivity index (χ4v) is 2.13. The molecule has 88 valence electrons. The Labute approximate surface area is 101 Å². The number of nitrogens with one attached hydrogen (secondary N) is 1. The van der Waals surface area contributed by atoms with Crippen LogP contribution < -0.4 is 0 Å². The SMILES string of the molecule is Cc1ccc(C(=O)O)c(Sc2n[nH]c(C)n2)n1. The molecule has 2 rings (SSSR count). The van der Waals surface area contributed by atoms with E-state index in [1.54, 1.807) is 19.9 Å². The molecule has 2 N–H and O–H groups in total. The molecule has 0 spiro atoms. The number of aromatic nitrogens is 4. The fourth-order valence-electron chi connectivity index (χ4n) is 1.23. The van der Waals surface area contributed by atoms with Gasteiger partial charge in [0.25, 0.3) is 0 Å². The molecule has 7 heteroatoms. The molecule has 0 aliphatic rings. The van der Waals surface area contributed by atoms with E-state index in [-0.39, 0.29) is 5.56 Å². The normalized spacial score (nSPS) is 10.5. The number of hydrogen-bond acceptors (Lipinski definition) is 5. The minimum atomic E-state index is -1.01. The molecule has 2 aromatic rings. The molecular weight excluding hydrogens is 240 g/mol. The van der Waals surface area contributed by atoms with Gasteiger partial charge in [-0.3, -0.25) is 5.10 Å². The smallest absolute Gasteiger partial charge is 0.338 e. The average molecular weight is 250 g/mol. The summed E-state index contributed by atoms with van der Waals surface area (Å²) in [7, 11) is 0. The van der Waals surface area contributed by atoms with Crippen molar-refractivity contribution in [3.63, 3.8) is 0 Å². The van der Waals surface area contributed by atoms with E-state index >= 15 is 0 Å². The summed E-state index contributed by atoms with van der Waals surface area (Å²) in [5.41, 5.74) is 0.910. The average Bonchev–Trinajstić information content (AvgIpc) is 2.63. The largest absolute Gasteiger partial charge is 0.478 e. The number of aromatic carboxylic acids is 1. The van der Waals surface area contributed by atoms with Crippen molar-refractivity contribution in [3.8, 4) is 0 Å². The Morgan fingerprint density at radius 2 is 2.12 bits per heavy atom. The van der Waals surface area contributed by atoms with E-state index in [1.807, 2.05) is 0 Å². The van der Waals surface area contributed by atoms with Crippen molar-refractivity contribution in [2.24, 2.45) is 0 Å². The molecule has 0 aliphatic carbocycles. The molecule has 2 heterocycles. The number of H-pyrrole nitrogens is 1. The van der Waals surface area contributed by atoms with Gasteiger partial charge in [0.05, 0.1) is 5.56 Å². The molecule has 0 fully saturated rings. The zero-order chi connectivity index (χ0) is 12.4. The first-order valence-electron chi connectivity index (χ1n) is 4.84. The Balaban J connectivity index is 2.37. The van der Waals surface area contributed by atoms with Gasteiger partial charge in [-0.15, -0.1) is 5.10 Å². The van der Waals surface area contributed by atoms with Crippen molar-refractivity contribution in [1.82, 2.24) is 20.2 Å². The van der Waals surface area contributed by atoms with E-state index in [4.69, 9.17) is 5.11 Å². The van der Waals surface area contributed by atoms with E-state index in [9.17, 15) is 4.79 Å². The Hall–Kier alpha value is -1.89. The number of rotatable bonds is 3. The highest BCUT2D eigenvalue weighted by Crippen LogP contribution is 2.26. The van der Waals surface area contributed by atoms with Gasteiger partial charge >= 0.3 is 5.97 Å². The second kappa shape index (κ2) is 4.54. The Morgan fingerprint density at radius 1 is 1.35 bits per heavy atom. The summed E-state index contributed by atoms with van der Waals surface area (Å²) in [6, 6.07) is 3.20. The summed E-state index contributed by atoms with van der Waals surface area (Å²) in [6.07, 6.45) is 0. The predicted molar refractivity (Wildman–Crippen MR) is 61.2 cm³/mol. The lowest BCUT2D eigenvalue weighted by molar-refractivity contribution is 0.0692. The third kappa shape index (κ3) is 2.62. The first-order chi connectivity index (χ1) is 8.06. The number of aryl methyl sites for hydroxylation is 2. The topological polar surface area (TPSA) is 91.8 Å². The van der Waals surface area contributed by atoms with Crippen LogP contribution >= 0.6 is 11.8 Å². The molecule has 0 radical (unpaired) electrons. The number of pyridine rings is 1. The highest BCUT2D eigenvalue weighted by Gasteiger charge is 2.14. The van der Waals surface area contributed by atoms with Crippen LogP contribution in [-0.2, 0) is 0 Å². The number of carboxylic acid groups (broad SMARTS) is 1. The zero-order valence-electron chi connectivity index (χ0n) is 9.26. The number of carbonyl (C=O) groups is 1. The zero-order valence-corrected chi connectivity index (χ0v) is 10.1. The van der Waals surface area contributed by atoms with Gasteiger partial charge in [-0.1, -0.05) is 0 Å². The second-order valence-corrected chi connectivity index (χ2v) is 4.37. The summed E-state index contributed by atoms with van der Waals surface area (Å²) in [5.74, 6) is -0.329. The maximum atomic E-state index is 11.0. The lowest BCUT2D eigenvalue weighted by Gasteiger charge is -2.03. The van der Waals surface area contributed by atoms with Gasteiger partial charge in [0.1, 0.15) is 10.9 Å². The third-order valence-electron chi connectivity index (χ3n) is 1.99. The van der Waals surface area contributed by atoms with Crippen LogP contribution in [0, 0.1) is 13.8 Å². The van der Waals surface area contributed by atoms with E-state index in [2.05, 4.69) is 20.2 Å². The molecule has 0 atom stereocenters. The number of nitrogens with zero attached hydrogens (tertiary/aromatic N) is 3. The van der Waals surface area contributed by atoms with Crippen LogP contribution in [0.1, 0.15) is 21.9 Å². The van der Waals surface area contributed by atoms with Crippen LogP contribution in [0.3, 0.4) is 0 Å². The quantitative estimate of drug-likeness (QED) is 0.860. The number of hydrogen-bond donors (Lipinski definition) is 2. The summed E-state index contributed by atoms with van der Waals surface area (Å²) in [5, 5.41) is 16.5. The number of carboxylic acids is 1. The molecule has 0 saturated heterocycles. The fraction of sp³-hybridized carbons (Fsp3) is 0.200. The van der Waals surface area contributed by atoms with Gasteiger partial charge in [-0.05, 0) is 37.7 Å². The van der Waals surface area contributed by atoms with Gasteiger partial charge in [0.15, 0.2) is 0 Å². The van der Waals surface area contributed by atoms with Crippen LogP contribution in [0.2, 0.25) is 0 Å². The minimum absolute atomic E-state index is 0.156. The van der Waals surface area contributed by atoms with Crippen molar-refractivity contribution in [3.05, 3.63) is 29.2 Å². The van der Waals surface area contributed by atoms with E-state index in [1.165, 1.54) is 6.07 Å². The van der Waals surface area contributed by atoms with E-state index in [0.29, 0.717) is 16.0 Å². The van der Waals surface area contributed by atoms with Crippen LogP contribution in [-0.4, -0.2) is 31.2 Å². The Kier molecular flexibility index (Phi) is 3.10. The van der Waals surface area contributed by atoms with Crippen molar-refractivity contribution in [1.29, 1.82) is 0 Å². The van der Waals surface area contributed by atoms with Crippen molar-refractivity contribution >= 4 is 17.7 Å². The standard InChI is InChI=1S/C10H10N4O2S/c1-5-3-4-7(9(15)16)8(11-5)17-10-12-6(2)13-14-10/h3-4H,1-2H3,(H,15,16)(H,12,13,14). The van der Waals surface area contributed by atoms with E-state index in [0.717, 1.165) is 17.5 Å². The summed E-state index contributed by atoms with van der Waals surface area (Å²) >= 11 is 1.13. The first-order valence-corrected chi connectivity index (χ1v) is 5.65. The van der Waals surface area contributed by atoms with Crippen LogP contribution in [0.15, 0.2) is 22.3 Å². The Morgan fingerprint density at radius 3 is 2.71 bits per heavy atom. The number of aromatic amines is 1. The molecule has 0 unspecified atom stereocenters. The van der Waals surface area contributed by atoms with Crippen LogP contribution in [0.5, 0.6) is 0 Å². The van der Waals surface area contributed by atoms with Crippen LogP contribution in [0.4, 0.5) is 0 Å². The molecule has 17 heavy (non-hydrogen) atoms. The predicted octanol–water partition coefficient (Wildman–Crippen LogP) is 1.67. The Bertz CT molecular complexity index is 567. The monoisotopic (exact) mass is 250 g/mol. The lowest BCUT2D eigenvalue weighted by Crippen LogP contribution is -2.01. The van der Waals surface area contributed by atoms with Gasteiger partial charge in [-0.2, -0.15) is 0 Å². The summed E-state index contributed by atoms with van der Waals surface area (Å²) in [6.45, 7) is 3.58. The highest BCUT2D eigenvalue weighted by molar-refractivity contribution is 7.99. The molecular formula is C10H10N4O2S. The van der Waals surface area contributed by atoms with Crippen molar-refractivity contribution < 1.29 is 9.90 Å². The summed E-state index contributed by atoms with van der Waals surface area (Å²) < 4.78 is 0. The molecule has 6 nitrogen and oxygen atoms in total. The lowest BCUT2D eigenvalue weighted by atomic mass is 10.2. The molecule has 0 aliphatic heterocycles. The molecule has 0 bridgehead atoms. The third-order valence-corrected chi connectivity index (χ3v) is 2.86. The van der Waals surface area contributed by atoms with Gasteiger partial charge < -0.3 is 5.11 Å². The van der Waals surface area contributed by atoms with Crippen molar-refractivity contribution in [2.45, 2.75) is 24.0 Å². The molecule has 2 aromatic heterocycles. The van der Waals surface area contributed by atoms with Crippen molar-refractivity contribution in [2.75, 3.05) is 0 Å². The highest BCUT2D eigenvalue weighted by atomic mass is 32.2. The maximum absolute atomic E-state index is 11.0.